The van der Waals surface area contributed by atoms with Crippen molar-refractivity contribution >= 4 is 5.97 Å². The van der Waals surface area contributed by atoms with Gasteiger partial charge in [0, 0.05) is 11.6 Å². The summed E-state index contributed by atoms with van der Waals surface area (Å²) in [6, 6.07) is 1.93. The number of rotatable bonds is 10. The average molecular weight is 520 g/mol. The van der Waals surface area contributed by atoms with Gasteiger partial charge in [-0.05, 0) is 86.1 Å². The van der Waals surface area contributed by atoms with E-state index in [4.69, 9.17) is 10.5 Å². The number of carbonyl (C=O) groups is 1. The molecule has 10 heteroatoms. The number of nitrogens with two attached hydrogens (primary N) is 1. The number of hydrogen-bond donors (Lipinski definition) is 1. The van der Waals surface area contributed by atoms with Crippen molar-refractivity contribution in [2.75, 3.05) is 6.61 Å². The molecule has 0 aliphatic carbocycles. The lowest BCUT2D eigenvalue weighted by Crippen LogP contribution is -2.21. The van der Waals surface area contributed by atoms with Gasteiger partial charge in [0.05, 0.1) is 24.2 Å². The van der Waals surface area contributed by atoms with E-state index in [9.17, 15) is 35.5 Å². The molecule has 0 bridgehead atoms. The molecule has 0 amide bonds. The molecule has 36 heavy (non-hydrogen) atoms. The lowest BCUT2D eigenvalue weighted by molar-refractivity contribution is -0.143. The average Bonchev–Trinajstić information content (AvgIpc) is 2.75. The molecular formula is C26H28F7NO2. The third kappa shape index (κ3) is 7.32. The van der Waals surface area contributed by atoms with Gasteiger partial charge in [-0.1, -0.05) is 6.08 Å². The molecule has 0 spiro atoms. The third-order valence-corrected chi connectivity index (χ3v) is 5.64. The maximum atomic E-state index is 14.9. The topological polar surface area (TPSA) is 52.3 Å². The molecule has 0 unspecified atom stereocenters. The number of benzene rings is 2. The minimum atomic E-state index is -5.11. The van der Waals surface area contributed by atoms with Crippen LogP contribution in [0.15, 0.2) is 36.9 Å². The molecule has 0 aliphatic heterocycles. The van der Waals surface area contributed by atoms with E-state index in [1.54, 1.807) is 6.08 Å². The Hall–Kier alpha value is -2.88. The Morgan fingerprint density at radius 3 is 2.31 bits per heavy atom. The quantitative estimate of drug-likeness (QED) is 0.152. The van der Waals surface area contributed by atoms with Crippen LogP contribution in [0.1, 0.15) is 66.5 Å². The number of unbranched alkanes of at least 4 members (excludes halogenated alkanes) is 2. The molecule has 0 saturated heterocycles. The standard InChI is InChI=1S/C26H28F7NO2/c1-4-6-7-8-9-16-11-18(25(28,29)30)10-15(3)23(16)17-12-19(21(34)14-22(35)36-5-2)24(27)20(13-17)26(31,32)33/h4,10-13,21H,1,5-9,14,34H2,2-3H3/t21-/m0/s1. The second kappa shape index (κ2) is 11.9. The summed E-state index contributed by atoms with van der Waals surface area (Å²) >= 11 is 0. The fourth-order valence-corrected chi connectivity index (χ4v) is 4.02. The van der Waals surface area contributed by atoms with Crippen molar-refractivity contribution in [1.29, 1.82) is 0 Å². The molecule has 0 radical (unpaired) electrons. The SMILES string of the molecule is C=CCCCCc1cc(C(F)(F)F)cc(C)c1-c1cc([C@@H](N)CC(=O)OCC)c(F)c(C(F)(F)F)c1. The summed E-state index contributed by atoms with van der Waals surface area (Å²) in [6.07, 6.45) is -6.84. The van der Waals surface area contributed by atoms with E-state index < -0.39 is 53.3 Å². The smallest absolute Gasteiger partial charge is 0.419 e. The molecule has 2 aromatic carbocycles. The number of esters is 1. The highest BCUT2D eigenvalue weighted by atomic mass is 19.4. The van der Waals surface area contributed by atoms with E-state index in [2.05, 4.69) is 6.58 Å². The Labute approximate surface area is 205 Å². The van der Waals surface area contributed by atoms with Crippen LogP contribution in [-0.2, 0) is 28.3 Å². The summed E-state index contributed by atoms with van der Waals surface area (Å²) in [6.45, 7) is 6.47. The first-order chi connectivity index (χ1) is 16.7. The van der Waals surface area contributed by atoms with Gasteiger partial charge >= 0.3 is 18.3 Å². The van der Waals surface area contributed by atoms with Gasteiger partial charge in [-0.25, -0.2) is 4.39 Å². The van der Waals surface area contributed by atoms with Crippen LogP contribution in [0.4, 0.5) is 30.7 Å². The van der Waals surface area contributed by atoms with Crippen LogP contribution in [0.2, 0.25) is 0 Å². The second-order valence-electron chi connectivity index (χ2n) is 8.40. The van der Waals surface area contributed by atoms with Crippen molar-refractivity contribution in [1.82, 2.24) is 0 Å². The van der Waals surface area contributed by atoms with Crippen LogP contribution in [0.25, 0.3) is 11.1 Å². The molecule has 2 aromatic rings. The molecule has 0 heterocycles. The monoisotopic (exact) mass is 519 g/mol. The molecule has 2 N–H and O–H groups in total. The van der Waals surface area contributed by atoms with Gasteiger partial charge < -0.3 is 10.5 Å². The predicted molar refractivity (Wildman–Crippen MR) is 123 cm³/mol. The van der Waals surface area contributed by atoms with Gasteiger partial charge in [-0.2, -0.15) is 26.3 Å². The fourth-order valence-electron chi connectivity index (χ4n) is 4.02. The van der Waals surface area contributed by atoms with Crippen molar-refractivity contribution < 1.29 is 40.3 Å². The van der Waals surface area contributed by atoms with Crippen LogP contribution in [0, 0.1) is 12.7 Å². The molecule has 3 nitrogen and oxygen atoms in total. The summed E-state index contributed by atoms with van der Waals surface area (Å²) in [5.41, 5.74) is 3.02. The Balaban J connectivity index is 2.75. The van der Waals surface area contributed by atoms with Gasteiger partial charge in [-0.3, -0.25) is 4.79 Å². The fraction of sp³-hybridized carbons (Fsp3) is 0.423. The number of carbonyl (C=O) groups excluding carboxylic acids is 1. The van der Waals surface area contributed by atoms with E-state index in [1.165, 1.54) is 13.8 Å². The summed E-state index contributed by atoms with van der Waals surface area (Å²) in [7, 11) is 0. The number of aryl methyl sites for hydroxylation is 2. The largest absolute Gasteiger partial charge is 0.466 e. The Morgan fingerprint density at radius 2 is 1.75 bits per heavy atom. The highest BCUT2D eigenvalue weighted by molar-refractivity contribution is 5.74. The molecule has 0 aliphatic rings. The Kier molecular flexibility index (Phi) is 9.70. The maximum Gasteiger partial charge on any atom is 0.419 e. The highest BCUT2D eigenvalue weighted by Gasteiger charge is 2.37. The second-order valence-corrected chi connectivity index (χ2v) is 8.40. The van der Waals surface area contributed by atoms with E-state index in [0.717, 1.165) is 18.2 Å². The Morgan fingerprint density at radius 1 is 1.08 bits per heavy atom. The van der Waals surface area contributed by atoms with Crippen molar-refractivity contribution in [3.8, 4) is 11.1 Å². The molecule has 0 aromatic heterocycles. The summed E-state index contributed by atoms with van der Waals surface area (Å²) in [4.78, 5) is 11.8. The first kappa shape index (κ1) is 29.4. The van der Waals surface area contributed by atoms with Crippen molar-refractivity contribution in [3.05, 3.63) is 70.6 Å². The maximum absolute atomic E-state index is 14.9. The van der Waals surface area contributed by atoms with Gasteiger partial charge in [-0.15, -0.1) is 6.58 Å². The van der Waals surface area contributed by atoms with Crippen LogP contribution in [-0.4, -0.2) is 12.6 Å². The minimum Gasteiger partial charge on any atom is -0.466 e. The Bertz CT molecular complexity index is 1090. The molecule has 1 atom stereocenters. The van der Waals surface area contributed by atoms with E-state index >= 15 is 0 Å². The van der Waals surface area contributed by atoms with E-state index in [1.807, 2.05) is 0 Å². The number of alkyl halides is 6. The zero-order valence-electron chi connectivity index (χ0n) is 20.0. The van der Waals surface area contributed by atoms with Gasteiger partial charge in [0.25, 0.3) is 0 Å². The summed E-state index contributed by atoms with van der Waals surface area (Å²) in [5, 5.41) is 0. The molecule has 0 fully saturated rings. The van der Waals surface area contributed by atoms with E-state index in [-0.39, 0.29) is 35.3 Å². The van der Waals surface area contributed by atoms with E-state index in [0.29, 0.717) is 25.3 Å². The summed E-state index contributed by atoms with van der Waals surface area (Å²) < 4.78 is 101. The molecule has 2 rings (SSSR count). The highest BCUT2D eigenvalue weighted by Crippen LogP contribution is 2.41. The number of hydrogen-bond acceptors (Lipinski definition) is 3. The third-order valence-electron chi connectivity index (χ3n) is 5.64. The predicted octanol–water partition coefficient (Wildman–Crippen LogP) is 7.69. The lowest BCUT2D eigenvalue weighted by atomic mass is 9.87. The van der Waals surface area contributed by atoms with Crippen molar-refractivity contribution in [2.45, 2.75) is 64.3 Å². The van der Waals surface area contributed by atoms with Crippen LogP contribution < -0.4 is 5.73 Å². The van der Waals surface area contributed by atoms with Crippen molar-refractivity contribution in [3.63, 3.8) is 0 Å². The number of halogens is 7. The van der Waals surface area contributed by atoms with Gasteiger partial charge in [0.1, 0.15) is 5.82 Å². The first-order valence-corrected chi connectivity index (χ1v) is 11.3. The molecule has 198 valence electrons. The zero-order valence-corrected chi connectivity index (χ0v) is 20.0. The first-order valence-electron chi connectivity index (χ1n) is 11.3. The van der Waals surface area contributed by atoms with Crippen LogP contribution in [0.3, 0.4) is 0 Å². The minimum absolute atomic E-state index is 0.00182. The van der Waals surface area contributed by atoms with Crippen LogP contribution >= 0.6 is 0 Å². The van der Waals surface area contributed by atoms with Gasteiger partial charge in [0.2, 0.25) is 0 Å². The normalized spacial score (nSPS) is 12.9. The molecule has 0 saturated carbocycles. The van der Waals surface area contributed by atoms with Crippen LogP contribution in [0.5, 0.6) is 0 Å². The molecular weight excluding hydrogens is 491 g/mol. The lowest BCUT2D eigenvalue weighted by Gasteiger charge is -2.21. The number of ether oxygens (including phenoxy) is 1. The zero-order chi connectivity index (χ0) is 27.3. The number of allylic oxidation sites excluding steroid dienone is 1. The summed E-state index contributed by atoms with van der Waals surface area (Å²) in [5.74, 6) is -2.46. The van der Waals surface area contributed by atoms with Crippen molar-refractivity contribution in [2.24, 2.45) is 5.73 Å². The van der Waals surface area contributed by atoms with Gasteiger partial charge in [0.15, 0.2) is 0 Å².